The maximum absolute atomic E-state index is 11.4. The Hall–Kier alpha value is -1.10. The van der Waals surface area contributed by atoms with Crippen LogP contribution < -0.4 is 11.1 Å². The third kappa shape index (κ3) is 1.05. The number of likely N-dealkylation sites (N-methyl/N-ethyl adjacent to an activating group) is 1. The lowest BCUT2D eigenvalue weighted by atomic mass is 9.89. The van der Waals surface area contributed by atoms with Crippen molar-refractivity contribution in [3.05, 3.63) is 0 Å². The van der Waals surface area contributed by atoms with Crippen LogP contribution in [0.5, 0.6) is 0 Å². The Morgan fingerprint density at radius 3 is 2.86 bits per heavy atom. The summed E-state index contributed by atoms with van der Waals surface area (Å²) in [5.74, 6) is 0.435. The van der Waals surface area contributed by atoms with Gasteiger partial charge in [0.05, 0.1) is 0 Å². The molecule has 2 atom stereocenters. The molecule has 2 unspecified atom stereocenters. The van der Waals surface area contributed by atoms with Gasteiger partial charge in [-0.2, -0.15) is 4.99 Å². The van der Waals surface area contributed by atoms with Crippen LogP contribution in [-0.2, 0) is 0 Å². The van der Waals surface area contributed by atoms with Crippen LogP contribution in [0.25, 0.3) is 0 Å². The molecule has 1 fully saturated rings. The molecular weight excluding hydrogens is 180 g/mol. The summed E-state index contributed by atoms with van der Waals surface area (Å²) < 4.78 is 0. The normalized spacial score (nSPS) is 37.9. The van der Waals surface area contributed by atoms with Gasteiger partial charge in [-0.05, 0) is 26.3 Å². The largest absolute Gasteiger partial charge is 0.385 e. The van der Waals surface area contributed by atoms with E-state index in [0.717, 1.165) is 19.4 Å². The number of urea groups is 1. The van der Waals surface area contributed by atoms with Crippen LogP contribution in [-0.4, -0.2) is 41.9 Å². The average Bonchev–Trinajstić information content (AvgIpc) is 2.72. The molecule has 0 aromatic heterocycles. The number of rotatable bonds is 1. The van der Waals surface area contributed by atoms with E-state index in [0.29, 0.717) is 5.84 Å². The van der Waals surface area contributed by atoms with Gasteiger partial charge in [0.15, 0.2) is 0 Å². The summed E-state index contributed by atoms with van der Waals surface area (Å²) in [5.41, 5.74) is 5.38. The minimum absolute atomic E-state index is 0.237. The van der Waals surface area contributed by atoms with Crippen molar-refractivity contribution in [1.29, 1.82) is 0 Å². The van der Waals surface area contributed by atoms with Crippen LogP contribution in [0.1, 0.15) is 19.8 Å². The number of nitrogens with two attached hydrogens (primary N) is 1. The number of amides is 2. The first-order valence-electron chi connectivity index (χ1n) is 4.92. The molecule has 0 spiro atoms. The van der Waals surface area contributed by atoms with Crippen molar-refractivity contribution in [2.24, 2.45) is 10.7 Å². The van der Waals surface area contributed by atoms with Gasteiger partial charge >= 0.3 is 6.03 Å². The fourth-order valence-electron chi connectivity index (χ4n) is 2.24. The van der Waals surface area contributed by atoms with E-state index < -0.39 is 5.54 Å². The van der Waals surface area contributed by atoms with Crippen LogP contribution in [0.3, 0.4) is 0 Å². The monoisotopic (exact) mass is 196 g/mol. The second-order valence-electron chi connectivity index (χ2n) is 4.14. The minimum Gasteiger partial charge on any atom is -0.385 e. The van der Waals surface area contributed by atoms with Crippen LogP contribution in [0.4, 0.5) is 4.79 Å². The summed E-state index contributed by atoms with van der Waals surface area (Å²) in [6.45, 7) is 2.97. The van der Waals surface area contributed by atoms with E-state index in [4.69, 9.17) is 5.73 Å². The van der Waals surface area contributed by atoms with Crippen LogP contribution in [0, 0.1) is 0 Å². The predicted octanol–water partition coefficient (Wildman–Crippen LogP) is -0.0803. The van der Waals surface area contributed by atoms with Gasteiger partial charge in [0, 0.05) is 13.1 Å². The van der Waals surface area contributed by atoms with Gasteiger partial charge in [-0.1, -0.05) is 0 Å². The lowest BCUT2D eigenvalue weighted by Crippen LogP contribution is -2.61. The highest BCUT2D eigenvalue weighted by atomic mass is 16.2. The quantitative estimate of drug-likeness (QED) is 0.616. The topological polar surface area (TPSA) is 70.7 Å². The number of nitrogens with zero attached hydrogens (tertiary/aromatic N) is 2. The molecule has 2 aliphatic rings. The predicted molar refractivity (Wildman–Crippen MR) is 54.2 cm³/mol. The van der Waals surface area contributed by atoms with E-state index in [9.17, 15) is 4.79 Å². The number of hydrogen-bond acceptors (Lipinski definition) is 3. The molecule has 2 heterocycles. The van der Waals surface area contributed by atoms with E-state index in [2.05, 4.69) is 10.3 Å². The first-order chi connectivity index (χ1) is 6.56. The van der Waals surface area contributed by atoms with Crippen molar-refractivity contribution in [2.75, 3.05) is 13.6 Å². The van der Waals surface area contributed by atoms with Gasteiger partial charge in [-0.15, -0.1) is 0 Å². The van der Waals surface area contributed by atoms with Gasteiger partial charge in [-0.3, -0.25) is 0 Å². The fraction of sp³-hybridized carbons (Fsp3) is 0.778. The third-order valence-electron chi connectivity index (χ3n) is 3.46. The van der Waals surface area contributed by atoms with Crippen LogP contribution in [0.2, 0.25) is 0 Å². The standard InChI is InChI=1S/C9H16N4O/c1-9(6-4-3-5-11-6)7(10)12-8(14)13(9)2/h6,11H,3-5H2,1-2H3,(H2,10,12,14). The number of carbonyl (C=O) groups is 1. The zero-order chi connectivity index (χ0) is 10.3. The number of amidine groups is 1. The molecule has 0 saturated carbocycles. The van der Waals surface area contributed by atoms with Gasteiger partial charge in [-0.25, -0.2) is 4.79 Å². The number of nitrogens with one attached hydrogen (secondary N) is 1. The molecule has 2 amide bonds. The lowest BCUT2D eigenvalue weighted by Gasteiger charge is -2.37. The molecule has 0 aromatic rings. The third-order valence-corrected chi connectivity index (χ3v) is 3.46. The molecule has 0 radical (unpaired) electrons. The van der Waals surface area contributed by atoms with Gasteiger partial charge in [0.25, 0.3) is 0 Å². The van der Waals surface area contributed by atoms with E-state index in [1.54, 1.807) is 11.9 Å². The summed E-state index contributed by atoms with van der Waals surface area (Å²) in [6, 6.07) is 0.00130. The molecule has 78 valence electrons. The summed E-state index contributed by atoms with van der Waals surface area (Å²) in [5, 5.41) is 3.37. The minimum atomic E-state index is -0.437. The highest BCUT2D eigenvalue weighted by molar-refractivity contribution is 6.06. The van der Waals surface area contributed by atoms with Gasteiger partial charge in [0.2, 0.25) is 0 Å². The fourth-order valence-corrected chi connectivity index (χ4v) is 2.24. The van der Waals surface area contributed by atoms with Crippen molar-refractivity contribution in [3.8, 4) is 0 Å². The Morgan fingerprint density at radius 1 is 1.71 bits per heavy atom. The average molecular weight is 196 g/mol. The van der Waals surface area contributed by atoms with Gasteiger partial charge < -0.3 is 16.0 Å². The molecule has 0 aromatic carbocycles. The van der Waals surface area contributed by atoms with Crippen molar-refractivity contribution in [3.63, 3.8) is 0 Å². The molecule has 2 aliphatic heterocycles. The maximum Gasteiger partial charge on any atom is 0.345 e. The van der Waals surface area contributed by atoms with Crippen LogP contribution >= 0.6 is 0 Å². The summed E-state index contributed by atoms with van der Waals surface area (Å²) in [7, 11) is 1.76. The molecule has 1 saturated heterocycles. The Bertz CT molecular complexity index is 295. The Kier molecular flexibility index (Phi) is 1.99. The molecule has 5 nitrogen and oxygen atoms in total. The second kappa shape index (κ2) is 2.95. The first kappa shape index (κ1) is 9.45. The van der Waals surface area contributed by atoms with E-state index >= 15 is 0 Å². The number of carbonyl (C=O) groups excluding carboxylic acids is 1. The Labute approximate surface area is 83.4 Å². The maximum atomic E-state index is 11.4. The van der Waals surface area contributed by atoms with Crippen LogP contribution in [0.15, 0.2) is 4.99 Å². The highest BCUT2D eigenvalue weighted by Gasteiger charge is 2.48. The number of hydrogen-bond donors (Lipinski definition) is 2. The first-order valence-corrected chi connectivity index (χ1v) is 4.92. The summed E-state index contributed by atoms with van der Waals surface area (Å²) in [6.07, 6.45) is 2.18. The molecule has 14 heavy (non-hydrogen) atoms. The highest BCUT2D eigenvalue weighted by Crippen LogP contribution is 2.29. The SMILES string of the molecule is CN1C(=O)N=C(N)C1(C)C1CCCN1. The zero-order valence-electron chi connectivity index (χ0n) is 8.58. The van der Waals surface area contributed by atoms with Gasteiger partial charge in [0.1, 0.15) is 11.4 Å². The molecule has 2 rings (SSSR count). The van der Waals surface area contributed by atoms with E-state index in [-0.39, 0.29) is 12.1 Å². The lowest BCUT2D eigenvalue weighted by molar-refractivity contribution is 0.179. The molecular formula is C9H16N4O. The van der Waals surface area contributed by atoms with Crippen molar-refractivity contribution >= 4 is 11.9 Å². The van der Waals surface area contributed by atoms with E-state index in [1.165, 1.54) is 0 Å². The smallest absolute Gasteiger partial charge is 0.345 e. The zero-order valence-corrected chi connectivity index (χ0v) is 8.58. The van der Waals surface area contributed by atoms with Crippen molar-refractivity contribution < 1.29 is 4.79 Å². The molecule has 0 aliphatic carbocycles. The molecule has 5 heteroatoms. The van der Waals surface area contributed by atoms with Crippen molar-refractivity contribution in [1.82, 2.24) is 10.2 Å². The number of aliphatic imine (C=N–C) groups is 1. The summed E-state index contributed by atoms with van der Waals surface area (Å²) in [4.78, 5) is 16.8. The summed E-state index contributed by atoms with van der Waals surface area (Å²) >= 11 is 0. The molecule has 3 N–H and O–H groups in total. The van der Waals surface area contributed by atoms with E-state index in [1.807, 2.05) is 6.92 Å². The molecule has 0 bridgehead atoms. The Balaban J connectivity index is 2.30. The van der Waals surface area contributed by atoms with Crippen molar-refractivity contribution in [2.45, 2.75) is 31.3 Å². The second-order valence-corrected chi connectivity index (χ2v) is 4.14. The Morgan fingerprint density at radius 2 is 2.43 bits per heavy atom.